The van der Waals surface area contributed by atoms with Gasteiger partial charge in [0.15, 0.2) is 0 Å². The van der Waals surface area contributed by atoms with Crippen molar-refractivity contribution in [1.29, 1.82) is 0 Å². The maximum atomic E-state index is 13.3. The Labute approximate surface area is 186 Å². The predicted octanol–water partition coefficient (Wildman–Crippen LogP) is 5.45. The number of aromatic nitrogens is 2. The molecule has 1 heterocycles. The molecule has 0 aliphatic heterocycles. The average molecular weight is 432 g/mol. The van der Waals surface area contributed by atoms with Gasteiger partial charge in [0.1, 0.15) is 17.7 Å². The van der Waals surface area contributed by atoms with E-state index in [1.54, 1.807) is 23.0 Å². The molecule has 0 radical (unpaired) electrons. The van der Waals surface area contributed by atoms with Crippen LogP contribution in [-0.2, 0) is 4.79 Å². The Kier molecular flexibility index (Phi) is 6.21. The number of hydrogen-bond acceptors (Lipinski definition) is 3. The van der Waals surface area contributed by atoms with E-state index >= 15 is 0 Å². The van der Waals surface area contributed by atoms with Gasteiger partial charge in [-0.05, 0) is 55.0 Å². The molecule has 0 fully saturated rings. The molecule has 2 unspecified atom stereocenters. The number of rotatable bonds is 7. The standard InChI is InChI=1S/C26H26FN3O2/c1-17(2)26(31)29-18(3)25(19-7-5-4-6-8-19)32-23-13-14-24-20(15-23)16-28-30(24)22-11-9-21(27)10-12-22/h4-18,25H,1-3H3,(H,29,31). The van der Waals surface area contributed by atoms with Crippen LogP contribution >= 0.6 is 0 Å². The van der Waals surface area contributed by atoms with Crippen LogP contribution in [0, 0.1) is 11.7 Å². The first-order chi connectivity index (χ1) is 15.4. The fraction of sp³-hybridized carbons (Fsp3) is 0.231. The highest BCUT2D eigenvalue weighted by atomic mass is 19.1. The maximum absolute atomic E-state index is 13.3. The molecule has 5 nitrogen and oxygen atoms in total. The van der Waals surface area contributed by atoms with Crippen molar-refractivity contribution in [2.24, 2.45) is 5.92 Å². The van der Waals surface area contributed by atoms with Crippen LogP contribution in [0.2, 0.25) is 0 Å². The number of benzene rings is 3. The van der Waals surface area contributed by atoms with Gasteiger partial charge in [-0.2, -0.15) is 5.10 Å². The van der Waals surface area contributed by atoms with E-state index in [0.717, 1.165) is 22.2 Å². The van der Waals surface area contributed by atoms with Crippen molar-refractivity contribution in [1.82, 2.24) is 15.1 Å². The SMILES string of the molecule is CC(C)C(=O)NC(C)C(Oc1ccc2c(cnn2-c2ccc(F)cc2)c1)c1ccccc1. The number of hydrogen-bond donors (Lipinski definition) is 1. The van der Waals surface area contributed by atoms with Gasteiger partial charge in [0.05, 0.1) is 23.4 Å². The number of nitrogens with one attached hydrogen (secondary N) is 1. The topological polar surface area (TPSA) is 56.1 Å². The molecule has 32 heavy (non-hydrogen) atoms. The number of amides is 1. The second-order valence-electron chi connectivity index (χ2n) is 8.15. The molecule has 0 aliphatic carbocycles. The molecule has 0 saturated heterocycles. The van der Waals surface area contributed by atoms with Crippen LogP contribution in [0.3, 0.4) is 0 Å². The monoisotopic (exact) mass is 431 g/mol. The van der Waals surface area contributed by atoms with Gasteiger partial charge >= 0.3 is 0 Å². The third-order valence-electron chi connectivity index (χ3n) is 5.35. The molecule has 1 aromatic heterocycles. The minimum Gasteiger partial charge on any atom is -0.484 e. The van der Waals surface area contributed by atoms with Crippen molar-refractivity contribution in [3.63, 3.8) is 0 Å². The number of fused-ring (bicyclic) bond motifs is 1. The summed E-state index contributed by atoms with van der Waals surface area (Å²) in [6, 6.07) is 21.6. The van der Waals surface area contributed by atoms with Gasteiger partial charge in [0, 0.05) is 11.3 Å². The molecule has 2 atom stereocenters. The molecule has 164 valence electrons. The van der Waals surface area contributed by atoms with E-state index in [1.165, 1.54) is 12.1 Å². The summed E-state index contributed by atoms with van der Waals surface area (Å²) in [5, 5.41) is 8.40. The second-order valence-corrected chi connectivity index (χ2v) is 8.15. The molecule has 0 saturated carbocycles. The molecule has 1 N–H and O–H groups in total. The number of nitrogens with zero attached hydrogens (tertiary/aromatic N) is 2. The molecule has 0 spiro atoms. The number of carbonyl (C=O) groups excluding carboxylic acids is 1. The smallest absolute Gasteiger partial charge is 0.222 e. The van der Waals surface area contributed by atoms with Crippen molar-refractivity contribution < 1.29 is 13.9 Å². The summed E-state index contributed by atoms with van der Waals surface area (Å²) in [6.07, 6.45) is 1.40. The Hall–Kier alpha value is -3.67. The van der Waals surface area contributed by atoms with Gasteiger partial charge < -0.3 is 10.1 Å². The predicted molar refractivity (Wildman–Crippen MR) is 123 cm³/mol. The lowest BCUT2D eigenvalue weighted by molar-refractivity contribution is -0.125. The van der Waals surface area contributed by atoms with Crippen LogP contribution < -0.4 is 10.1 Å². The molecular formula is C26H26FN3O2. The van der Waals surface area contributed by atoms with Crippen LogP contribution in [0.1, 0.15) is 32.4 Å². The van der Waals surface area contributed by atoms with Crippen LogP contribution in [0.25, 0.3) is 16.6 Å². The number of carbonyl (C=O) groups is 1. The van der Waals surface area contributed by atoms with Gasteiger partial charge in [-0.15, -0.1) is 0 Å². The fourth-order valence-electron chi connectivity index (χ4n) is 3.59. The summed E-state index contributed by atoms with van der Waals surface area (Å²) < 4.78 is 21.4. The summed E-state index contributed by atoms with van der Waals surface area (Å²) in [5.41, 5.74) is 2.65. The van der Waals surface area contributed by atoms with E-state index in [9.17, 15) is 9.18 Å². The molecule has 3 aromatic carbocycles. The first-order valence-corrected chi connectivity index (χ1v) is 10.7. The highest BCUT2D eigenvalue weighted by Gasteiger charge is 2.24. The zero-order valence-electron chi connectivity index (χ0n) is 18.3. The fourth-order valence-corrected chi connectivity index (χ4v) is 3.59. The van der Waals surface area contributed by atoms with Gasteiger partial charge in [0.25, 0.3) is 0 Å². The maximum Gasteiger partial charge on any atom is 0.222 e. The van der Waals surface area contributed by atoms with Crippen molar-refractivity contribution >= 4 is 16.8 Å². The van der Waals surface area contributed by atoms with Crippen molar-refractivity contribution in [2.75, 3.05) is 0 Å². The molecule has 0 aliphatic rings. The van der Waals surface area contributed by atoms with Gasteiger partial charge in [-0.3, -0.25) is 4.79 Å². The Bertz CT molecular complexity index is 1200. The van der Waals surface area contributed by atoms with Gasteiger partial charge in [-0.25, -0.2) is 9.07 Å². The normalized spacial score (nSPS) is 13.2. The highest BCUT2D eigenvalue weighted by Crippen LogP contribution is 2.29. The Morgan fingerprint density at radius 3 is 2.41 bits per heavy atom. The average Bonchev–Trinajstić information content (AvgIpc) is 3.21. The van der Waals surface area contributed by atoms with Crippen molar-refractivity contribution in [2.45, 2.75) is 32.9 Å². The second kappa shape index (κ2) is 9.22. The molecule has 1 amide bonds. The van der Waals surface area contributed by atoms with E-state index in [-0.39, 0.29) is 29.8 Å². The quantitative estimate of drug-likeness (QED) is 0.424. The van der Waals surface area contributed by atoms with E-state index in [1.807, 2.05) is 69.3 Å². The lowest BCUT2D eigenvalue weighted by atomic mass is 10.0. The first kappa shape index (κ1) is 21.6. The Morgan fingerprint density at radius 2 is 1.72 bits per heavy atom. The summed E-state index contributed by atoms with van der Waals surface area (Å²) in [4.78, 5) is 12.3. The largest absolute Gasteiger partial charge is 0.484 e. The lowest BCUT2D eigenvalue weighted by Gasteiger charge is -2.27. The van der Waals surface area contributed by atoms with Crippen molar-refractivity contribution in [3.8, 4) is 11.4 Å². The minimum atomic E-state index is -0.358. The zero-order chi connectivity index (χ0) is 22.7. The van der Waals surface area contributed by atoms with E-state index in [0.29, 0.717) is 5.75 Å². The third kappa shape index (κ3) is 4.64. The molecule has 0 bridgehead atoms. The molecular weight excluding hydrogens is 405 g/mol. The van der Waals surface area contributed by atoms with E-state index in [2.05, 4.69) is 10.4 Å². The molecule has 4 aromatic rings. The Balaban J connectivity index is 1.62. The lowest BCUT2D eigenvalue weighted by Crippen LogP contribution is -2.41. The van der Waals surface area contributed by atoms with Gasteiger partial charge in [0.2, 0.25) is 5.91 Å². The Morgan fingerprint density at radius 1 is 1.00 bits per heavy atom. The van der Waals surface area contributed by atoms with Crippen LogP contribution in [0.4, 0.5) is 4.39 Å². The molecule has 4 rings (SSSR count). The van der Waals surface area contributed by atoms with E-state index < -0.39 is 0 Å². The number of ether oxygens (including phenoxy) is 1. The highest BCUT2D eigenvalue weighted by molar-refractivity contribution is 5.82. The van der Waals surface area contributed by atoms with E-state index in [4.69, 9.17) is 4.74 Å². The zero-order valence-corrected chi connectivity index (χ0v) is 18.3. The van der Waals surface area contributed by atoms with Crippen molar-refractivity contribution in [3.05, 3.63) is 90.4 Å². The summed E-state index contributed by atoms with van der Waals surface area (Å²) in [7, 11) is 0. The first-order valence-electron chi connectivity index (χ1n) is 10.7. The summed E-state index contributed by atoms with van der Waals surface area (Å²) in [6.45, 7) is 5.68. The van der Waals surface area contributed by atoms with Crippen LogP contribution in [0.15, 0.2) is 79.0 Å². The van der Waals surface area contributed by atoms with Crippen LogP contribution in [0.5, 0.6) is 5.75 Å². The summed E-state index contributed by atoms with van der Waals surface area (Å²) in [5.74, 6) is 0.266. The third-order valence-corrected chi connectivity index (χ3v) is 5.35. The number of halogens is 1. The summed E-state index contributed by atoms with van der Waals surface area (Å²) >= 11 is 0. The van der Waals surface area contributed by atoms with Crippen LogP contribution in [-0.4, -0.2) is 21.7 Å². The minimum absolute atomic E-state index is 0.0157. The molecule has 6 heteroatoms. The van der Waals surface area contributed by atoms with Gasteiger partial charge in [-0.1, -0.05) is 44.2 Å².